The number of aliphatic hydroxyl groups is 1. The number of rotatable bonds is 13. The number of hydrogen-bond acceptors (Lipinski definition) is 7. The normalized spacial score (nSPS) is 27.3. The van der Waals surface area contributed by atoms with E-state index in [4.69, 9.17) is 9.47 Å². The van der Waals surface area contributed by atoms with Crippen molar-refractivity contribution in [2.24, 2.45) is 11.8 Å². The van der Waals surface area contributed by atoms with Crippen LogP contribution in [0.5, 0.6) is 0 Å². The first kappa shape index (κ1) is 31.4. The molecule has 3 heterocycles. The minimum absolute atomic E-state index is 0.130. The number of fused-ring (bicyclic) bond motifs is 1. The minimum atomic E-state index is -1.23. The Morgan fingerprint density at radius 2 is 2.00 bits per heavy atom. The molecule has 0 saturated carbocycles. The molecule has 4 rings (SSSR count). The zero-order valence-electron chi connectivity index (χ0n) is 25.0. The van der Waals surface area contributed by atoms with E-state index in [1.165, 1.54) is 4.90 Å². The third-order valence-electron chi connectivity index (χ3n) is 8.70. The van der Waals surface area contributed by atoms with Crippen molar-refractivity contribution in [1.82, 2.24) is 10.2 Å². The molecule has 1 aromatic carbocycles. The Bertz CT molecular complexity index is 1250. The highest BCUT2D eigenvalue weighted by molar-refractivity contribution is 6.05. The molecule has 42 heavy (non-hydrogen) atoms. The van der Waals surface area contributed by atoms with Gasteiger partial charge >= 0.3 is 5.97 Å². The maximum absolute atomic E-state index is 14.5. The van der Waals surface area contributed by atoms with Crippen LogP contribution in [0.1, 0.15) is 50.7 Å². The number of likely N-dealkylation sites (tertiary alicyclic amines) is 1. The van der Waals surface area contributed by atoms with Crippen LogP contribution in [0.4, 0.5) is 5.69 Å². The fourth-order valence-electron chi connectivity index (χ4n) is 6.69. The summed E-state index contributed by atoms with van der Waals surface area (Å²) in [6.07, 6.45) is 3.84. The largest absolute Gasteiger partial charge is 0.460 e. The first-order chi connectivity index (χ1) is 20.0. The number of aryl methyl sites for hydroxylation is 2. The molecule has 0 radical (unpaired) electrons. The van der Waals surface area contributed by atoms with E-state index in [-0.39, 0.29) is 31.5 Å². The predicted molar refractivity (Wildman–Crippen MR) is 157 cm³/mol. The Morgan fingerprint density at radius 1 is 1.26 bits per heavy atom. The van der Waals surface area contributed by atoms with Crippen molar-refractivity contribution in [2.45, 2.75) is 83.3 Å². The van der Waals surface area contributed by atoms with E-state index < -0.39 is 53.6 Å². The third-order valence-corrected chi connectivity index (χ3v) is 8.70. The standard InChI is InChI=1S/C32H43N3O7/c1-7-9-10-25(37)33-17-22(6)41-31(40)26-24-13-14-32(42-24)27(26)29(38)35(21(5)18-36)28(32)30(39)34(15-8-2)23-16-19(3)11-12-20(23)4/h7-8,11-12,16,21-22,24,26-28,36H,1-2,9-10,13-15,17-18H2,3-6H3,(H,33,37)/t21-,22-,24-,26+,27+,28-,32+/m1/s1. The number of aliphatic hydroxyl groups excluding tert-OH is 1. The fraction of sp³-hybridized carbons (Fsp3) is 0.562. The summed E-state index contributed by atoms with van der Waals surface area (Å²) < 4.78 is 12.2. The zero-order valence-corrected chi connectivity index (χ0v) is 25.0. The quantitative estimate of drug-likeness (QED) is 0.271. The van der Waals surface area contributed by atoms with E-state index in [2.05, 4.69) is 18.5 Å². The second kappa shape index (κ2) is 12.8. The number of allylic oxidation sites excluding steroid dienone is 1. The lowest BCUT2D eigenvalue weighted by atomic mass is 9.70. The van der Waals surface area contributed by atoms with E-state index in [1.807, 2.05) is 32.0 Å². The number of amides is 3. The first-order valence-corrected chi connectivity index (χ1v) is 14.7. The summed E-state index contributed by atoms with van der Waals surface area (Å²) in [6.45, 7) is 14.7. The molecule has 0 aromatic heterocycles. The molecular formula is C32H43N3O7. The van der Waals surface area contributed by atoms with Crippen LogP contribution in [0.3, 0.4) is 0 Å². The van der Waals surface area contributed by atoms with Crippen molar-refractivity contribution in [3.8, 4) is 0 Å². The smallest absolute Gasteiger partial charge is 0.312 e. The van der Waals surface area contributed by atoms with Gasteiger partial charge in [-0.3, -0.25) is 19.2 Å². The Balaban J connectivity index is 1.63. The zero-order chi connectivity index (χ0) is 30.8. The Morgan fingerprint density at radius 3 is 2.67 bits per heavy atom. The van der Waals surface area contributed by atoms with Gasteiger partial charge in [-0.1, -0.05) is 24.3 Å². The molecule has 7 atom stereocenters. The summed E-state index contributed by atoms with van der Waals surface area (Å²) >= 11 is 0. The molecule has 3 amide bonds. The second-order valence-corrected chi connectivity index (χ2v) is 11.7. The highest BCUT2D eigenvalue weighted by atomic mass is 16.6. The van der Waals surface area contributed by atoms with Gasteiger partial charge in [0.15, 0.2) is 0 Å². The topological polar surface area (TPSA) is 125 Å². The Kier molecular flexibility index (Phi) is 9.57. The van der Waals surface area contributed by atoms with Crippen LogP contribution in [0.25, 0.3) is 0 Å². The summed E-state index contributed by atoms with van der Waals surface area (Å²) in [5.41, 5.74) is 1.34. The molecule has 10 nitrogen and oxygen atoms in total. The average Bonchev–Trinajstić information content (AvgIpc) is 3.61. The first-order valence-electron chi connectivity index (χ1n) is 14.7. The van der Waals surface area contributed by atoms with Crippen molar-refractivity contribution in [1.29, 1.82) is 0 Å². The van der Waals surface area contributed by atoms with Gasteiger partial charge in [-0.25, -0.2) is 0 Å². The number of nitrogens with one attached hydrogen (secondary N) is 1. The van der Waals surface area contributed by atoms with E-state index in [1.54, 1.807) is 30.9 Å². The maximum atomic E-state index is 14.5. The molecular weight excluding hydrogens is 538 g/mol. The summed E-state index contributed by atoms with van der Waals surface area (Å²) in [7, 11) is 0. The van der Waals surface area contributed by atoms with E-state index in [0.717, 1.165) is 11.1 Å². The number of nitrogens with zero attached hydrogens (tertiary/aromatic N) is 2. The molecule has 0 unspecified atom stereocenters. The predicted octanol–water partition coefficient (Wildman–Crippen LogP) is 2.59. The van der Waals surface area contributed by atoms with Gasteiger partial charge in [-0.15, -0.1) is 13.2 Å². The van der Waals surface area contributed by atoms with Gasteiger partial charge < -0.3 is 29.7 Å². The van der Waals surface area contributed by atoms with Crippen LogP contribution in [0.15, 0.2) is 43.5 Å². The van der Waals surface area contributed by atoms with E-state index in [0.29, 0.717) is 31.4 Å². The van der Waals surface area contributed by atoms with Gasteiger partial charge in [0.2, 0.25) is 11.8 Å². The summed E-state index contributed by atoms with van der Waals surface area (Å²) in [6, 6.07) is 4.11. The lowest BCUT2D eigenvalue weighted by Crippen LogP contribution is -2.58. The van der Waals surface area contributed by atoms with Crippen LogP contribution < -0.4 is 10.2 Å². The lowest BCUT2D eigenvalue weighted by Gasteiger charge is -2.38. The second-order valence-electron chi connectivity index (χ2n) is 11.7. The molecule has 3 aliphatic rings. The maximum Gasteiger partial charge on any atom is 0.312 e. The number of benzene rings is 1. The molecule has 0 aliphatic carbocycles. The van der Waals surface area contributed by atoms with Crippen LogP contribution in [0.2, 0.25) is 0 Å². The minimum Gasteiger partial charge on any atom is -0.460 e. The van der Waals surface area contributed by atoms with Gasteiger partial charge in [-0.05, 0) is 64.2 Å². The monoisotopic (exact) mass is 581 g/mol. The van der Waals surface area contributed by atoms with Crippen molar-refractivity contribution in [2.75, 3.05) is 24.6 Å². The Labute approximate surface area is 247 Å². The molecule has 2 bridgehead atoms. The van der Waals surface area contributed by atoms with Gasteiger partial charge in [0, 0.05) is 18.7 Å². The number of hydrogen-bond donors (Lipinski definition) is 2. The lowest BCUT2D eigenvalue weighted by molar-refractivity contribution is -0.159. The number of carbonyl (C=O) groups excluding carboxylic acids is 4. The molecule has 3 aliphatic heterocycles. The summed E-state index contributed by atoms with van der Waals surface area (Å²) in [4.78, 5) is 57.2. The summed E-state index contributed by atoms with van der Waals surface area (Å²) in [5.74, 6) is -3.33. The highest BCUT2D eigenvalue weighted by Crippen LogP contribution is 2.59. The average molecular weight is 582 g/mol. The Hall–Kier alpha value is -3.50. The van der Waals surface area contributed by atoms with Crippen molar-refractivity contribution < 1.29 is 33.8 Å². The molecule has 1 aromatic rings. The van der Waals surface area contributed by atoms with Gasteiger partial charge in [0.1, 0.15) is 17.7 Å². The van der Waals surface area contributed by atoms with Crippen molar-refractivity contribution >= 4 is 29.4 Å². The molecule has 3 saturated heterocycles. The number of esters is 1. The van der Waals surface area contributed by atoms with Gasteiger partial charge in [-0.2, -0.15) is 0 Å². The molecule has 10 heteroatoms. The summed E-state index contributed by atoms with van der Waals surface area (Å²) in [5, 5.41) is 12.9. The van der Waals surface area contributed by atoms with Crippen LogP contribution >= 0.6 is 0 Å². The van der Waals surface area contributed by atoms with Crippen molar-refractivity contribution in [3.63, 3.8) is 0 Å². The van der Waals surface area contributed by atoms with Crippen molar-refractivity contribution in [3.05, 3.63) is 54.6 Å². The van der Waals surface area contributed by atoms with Crippen LogP contribution in [0, 0.1) is 25.7 Å². The number of ether oxygens (including phenoxy) is 2. The fourth-order valence-corrected chi connectivity index (χ4v) is 6.69. The third kappa shape index (κ3) is 5.62. The van der Waals surface area contributed by atoms with E-state index in [9.17, 15) is 24.3 Å². The SMILES string of the molecule is C=CCCC(=O)NC[C@@H](C)OC(=O)[C@@H]1[C@H]2C(=O)N([C@H](C)CO)[C@H](C(=O)N(CC=C)c3cc(C)ccc3C)[C@]23CC[C@H]1O3. The van der Waals surface area contributed by atoms with Gasteiger partial charge in [0.25, 0.3) is 5.91 Å². The molecule has 1 spiro atoms. The molecule has 228 valence electrons. The number of carbonyl (C=O) groups is 4. The van der Waals surface area contributed by atoms with E-state index >= 15 is 0 Å². The van der Waals surface area contributed by atoms with Gasteiger partial charge in [0.05, 0.1) is 37.1 Å². The highest BCUT2D eigenvalue weighted by Gasteiger charge is 2.75. The molecule has 2 N–H and O–H groups in total. The van der Waals surface area contributed by atoms with Crippen LogP contribution in [-0.4, -0.2) is 83.3 Å². The molecule has 3 fully saturated rings. The van der Waals surface area contributed by atoms with Crippen LogP contribution in [-0.2, 0) is 28.7 Å². The number of anilines is 1.